The van der Waals surface area contributed by atoms with Gasteiger partial charge in [-0.2, -0.15) is 18.3 Å². The lowest BCUT2D eigenvalue weighted by Gasteiger charge is -2.03. The first kappa shape index (κ1) is 12.5. The fraction of sp³-hybridized carbons (Fsp3) is 0.500. The number of rotatable bonds is 3. The summed E-state index contributed by atoms with van der Waals surface area (Å²) in [5.74, 6) is -0.878. The number of nitrogens with two attached hydrogens (primary N) is 1. The highest BCUT2D eigenvalue weighted by molar-refractivity contribution is 5.87. The molecule has 2 N–H and O–H groups in total. The highest BCUT2D eigenvalue weighted by Crippen LogP contribution is 2.28. The molecule has 0 spiro atoms. The van der Waals surface area contributed by atoms with Gasteiger partial charge in [0.1, 0.15) is 5.69 Å². The van der Waals surface area contributed by atoms with Crippen molar-refractivity contribution in [3.05, 3.63) is 17.5 Å². The molecule has 0 aliphatic heterocycles. The second-order valence-electron chi connectivity index (χ2n) is 2.92. The summed E-state index contributed by atoms with van der Waals surface area (Å²) in [6, 6.07) is 0.640. The number of halogens is 3. The van der Waals surface area contributed by atoms with E-state index in [-0.39, 0.29) is 18.8 Å². The number of alkyl halides is 3. The Kier molecular flexibility index (Phi) is 3.53. The standard InChI is InChI=1S/C8H10F3N3O2/c1-16-7(15)5-4-6(8(9,10)11)13-14(5)3-2-12/h4H,2-3,12H2,1H3. The van der Waals surface area contributed by atoms with Crippen molar-refractivity contribution in [2.45, 2.75) is 12.7 Å². The van der Waals surface area contributed by atoms with Gasteiger partial charge in [-0.1, -0.05) is 0 Å². The minimum atomic E-state index is -4.59. The van der Waals surface area contributed by atoms with Crippen LogP contribution in [0.15, 0.2) is 6.07 Å². The van der Waals surface area contributed by atoms with E-state index in [4.69, 9.17) is 5.73 Å². The number of carbonyl (C=O) groups is 1. The van der Waals surface area contributed by atoms with Gasteiger partial charge in [-0.3, -0.25) is 4.68 Å². The van der Waals surface area contributed by atoms with Crippen molar-refractivity contribution in [3.8, 4) is 0 Å². The average Bonchev–Trinajstić information content (AvgIpc) is 2.61. The van der Waals surface area contributed by atoms with Crippen molar-refractivity contribution >= 4 is 5.97 Å². The lowest BCUT2D eigenvalue weighted by molar-refractivity contribution is -0.141. The smallest absolute Gasteiger partial charge is 0.435 e. The van der Waals surface area contributed by atoms with E-state index in [0.29, 0.717) is 6.07 Å². The van der Waals surface area contributed by atoms with Crippen LogP contribution in [-0.2, 0) is 17.5 Å². The molecular weight excluding hydrogens is 227 g/mol. The third kappa shape index (κ3) is 2.51. The quantitative estimate of drug-likeness (QED) is 0.783. The summed E-state index contributed by atoms with van der Waals surface area (Å²) >= 11 is 0. The molecule has 0 bridgehead atoms. The summed E-state index contributed by atoms with van der Waals surface area (Å²) in [5, 5.41) is 3.25. The fourth-order valence-corrected chi connectivity index (χ4v) is 1.12. The van der Waals surface area contributed by atoms with Crippen molar-refractivity contribution in [3.63, 3.8) is 0 Å². The number of methoxy groups -OCH3 is 1. The molecule has 16 heavy (non-hydrogen) atoms. The average molecular weight is 237 g/mol. The molecule has 0 radical (unpaired) electrons. The van der Waals surface area contributed by atoms with E-state index in [0.717, 1.165) is 11.8 Å². The summed E-state index contributed by atoms with van der Waals surface area (Å²) in [6.07, 6.45) is -4.59. The van der Waals surface area contributed by atoms with Crippen molar-refractivity contribution < 1.29 is 22.7 Å². The summed E-state index contributed by atoms with van der Waals surface area (Å²) in [4.78, 5) is 11.2. The first-order chi connectivity index (χ1) is 7.40. The zero-order chi connectivity index (χ0) is 12.3. The molecule has 1 aromatic rings. The first-order valence-electron chi connectivity index (χ1n) is 4.33. The number of aromatic nitrogens is 2. The number of hydrogen-bond donors (Lipinski definition) is 1. The third-order valence-corrected chi connectivity index (χ3v) is 1.81. The second-order valence-corrected chi connectivity index (χ2v) is 2.92. The van der Waals surface area contributed by atoms with Gasteiger partial charge in [0, 0.05) is 12.6 Å². The van der Waals surface area contributed by atoms with Crippen molar-refractivity contribution in [2.75, 3.05) is 13.7 Å². The summed E-state index contributed by atoms with van der Waals surface area (Å²) < 4.78 is 42.2. The van der Waals surface area contributed by atoms with Gasteiger partial charge in [0.15, 0.2) is 5.69 Å². The zero-order valence-corrected chi connectivity index (χ0v) is 8.41. The zero-order valence-electron chi connectivity index (χ0n) is 8.41. The van der Waals surface area contributed by atoms with Gasteiger partial charge in [-0.25, -0.2) is 4.79 Å². The molecule has 0 saturated carbocycles. The van der Waals surface area contributed by atoms with Crippen molar-refractivity contribution in [2.24, 2.45) is 5.73 Å². The van der Waals surface area contributed by atoms with Crippen molar-refractivity contribution in [1.29, 1.82) is 0 Å². The van der Waals surface area contributed by atoms with Crippen LogP contribution >= 0.6 is 0 Å². The summed E-state index contributed by atoms with van der Waals surface area (Å²) in [7, 11) is 1.08. The van der Waals surface area contributed by atoms with E-state index in [9.17, 15) is 18.0 Å². The largest absolute Gasteiger partial charge is 0.464 e. The predicted octanol–water partition coefficient (Wildman–Crippen LogP) is 0.647. The summed E-state index contributed by atoms with van der Waals surface area (Å²) in [5.41, 5.74) is 3.79. The van der Waals surface area contributed by atoms with Gasteiger partial charge >= 0.3 is 12.1 Å². The van der Waals surface area contributed by atoms with Crippen LogP contribution in [0.2, 0.25) is 0 Å². The van der Waals surface area contributed by atoms with Crippen LogP contribution in [0.3, 0.4) is 0 Å². The molecule has 1 rings (SSSR count). The third-order valence-electron chi connectivity index (χ3n) is 1.81. The number of hydrogen-bond acceptors (Lipinski definition) is 4. The Morgan fingerprint density at radius 3 is 2.69 bits per heavy atom. The molecule has 0 saturated heterocycles. The van der Waals surface area contributed by atoms with E-state index in [1.54, 1.807) is 0 Å². The normalized spacial score (nSPS) is 11.6. The molecule has 0 atom stereocenters. The highest BCUT2D eigenvalue weighted by atomic mass is 19.4. The Labute approximate surface area is 89.0 Å². The Morgan fingerprint density at radius 1 is 1.62 bits per heavy atom. The SMILES string of the molecule is COC(=O)c1cc(C(F)(F)F)nn1CCN. The topological polar surface area (TPSA) is 70.1 Å². The van der Waals surface area contributed by atoms with E-state index >= 15 is 0 Å². The lowest BCUT2D eigenvalue weighted by atomic mass is 10.3. The van der Waals surface area contributed by atoms with Crippen LogP contribution in [0, 0.1) is 0 Å². The molecular formula is C8H10F3N3O2. The van der Waals surface area contributed by atoms with Gasteiger partial charge in [0.2, 0.25) is 0 Å². The minimum Gasteiger partial charge on any atom is -0.464 e. The van der Waals surface area contributed by atoms with Crippen LogP contribution in [0.1, 0.15) is 16.2 Å². The molecule has 8 heteroatoms. The van der Waals surface area contributed by atoms with Crippen LogP contribution in [0.5, 0.6) is 0 Å². The first-order valence-corrected chi connectivity index (χ1v) is 4.33. The predicted molar refractivity (Wildman–Crippen MR) is 47.6 cm³/mol. The lowest BCUT2D eigenvalue weighted by Crippen LogP contribution is -2.17. The Bertz CT molecular complexity index is 386. The van der Waals surface area contributed by atoms with Crippen LogP contribution in [0.25, 0.3) is 0 Å². The van der Waals surface area contributed by atoms with Gasteiger partial charge < -0.3 is 10.5 Å². The molecule has 0 unspecified atom stereocenters. The Balaban J connectivity index is 3.15. The second kappa shape index (κ2) is 4.52. The van der Waals surface area contributed by atoms with Crippen LogP contribution in [0.4, 0.5) is 13.2 Å². The minimum absolute atomic E-state index is 0.0144. The molecule has 0 aromatic carbocycles. The maximum Gasteiger partial charge on any atom is 0.435 e. The summed E-state index contributed by atoms with van der Waals surface area (Å²) in [6.45, 7) is 0.0868. The Morgan fingerprint density at radius 2 is 2.25 bits per heavy atom. The van der Waals surface area contributed by atoms with Gasteiger partial charge in [-0.15, -0.1) is 0 Å². The van der Waals surface area contributed by atoms with Crippen molar-refractivity contribution in [1.82, 2.24) is 9.78 Å². The molecule has 0 amide bonds. The molecule has 0 aliphatic carbocycles. The van der Waals surface area contributed by atoms with Gasteiger partial charge in [-0.05, 0) is 0 Å². The van der Waals surface area contributed by atoms with E-state index < -0.39 is 17.8 Å². The monoisotopic (exact) mass is 237 g/mol. The molecule has 0 fully saturated rings. The molecule has 0 aliphatic rings. The van der Waals surface area contributed by atoms with Crippen LogP contribution < -0.4 is 5.73 Å². The van der Waals surface area contributed by atoms with Gasteiger partial charge in [0.25, 0.3) is 0 Å². The molecule has 1 heterocycles. The maximum absolute atomic E-state index is 12.3. The number of ether oxygens (including phenoxy) is 1. The van der Waals surface area contributed by atoms with Gasteiger partial charge in [0.05, 0.1) is 13.7 Å². The number of carbonyl (C=O) groups excluding carboxylic acids is 1. The van der Waals surface area contributed by atoms with E-state index in [2.05, 4.69) is 9.84 Å². The molecule has 5 nitrogen and oxygen atoms in total. The van der Waals surface area contributed by atoms with Crippen LogP contribution in [-0.4, -0.2) is 29.4 Å². The number of esters is 1. The molecule has 90 valence electrons. The maximum atomic E-state index is 12.3. The van der Waals surface area contributed by atoms with E-state index in [1.165, 1.54) is 0 Å². The van der Waals surface area contributed by atoms with E-state index in [1.807, 2.05) is 0 Å². The Hall–Kier alpha value is -1.57. The highest BCUT2D eigenvalue weighted by Gasteiger charge is 2.35. The molecule has 1 aromatic heterocycles. The number of nitrogens with zero attached hydrogens (tertiary/aromatic N) is 2. The fourth-order valence-electron chi connectivity index (χ4n) is 1.12.